The van der Waals surface area contributed by atoms with Crippen LogP contribution in [0.15, 0.2) is 260 Å². The van der Waals surface area contributed by atoms with Gasteiger partial charge in [-0.25, -0.2) is 9.80 Å². The number of allylic oxidation sites excluding steroid dienone is 6. The summed E-state index contributed by atoms with van der Waals surface area (Å²) < 4.78 is 29.3. The Balaban J connectivity index is 0.714. The van der Waals surface area contributed by atoms with Gasteiger partial charge in [0.2, 0.25) is 0 Å². The van der Waals surface area contributed by atoms with E-state index < -0.39 is 23.6 Å². The van der Waals surface area contributed by atoms with Gasteiger partial charge in [0.05, 0.1) is 33.6 Å². The first-order chi connectivity index (χ1) is 64.8. The molecule has 0 aromatic heterocycles. The van der Waals surface area contributed by atoms with Gasteiger partial charge in [-0.3, -0.25) is 19.2 Å². The fourth-order valence-electron chi connectivity index (χ4n) is 21.4. The van der Waals surface area contributed by atoms with Gasteiger partial charge in [-0.15, -0.1) is 0 Å². The number of ether oxygens (including phenoxy) is 4. The summed E-state index contributed by atoms with van der Waals surface area (Å²) in [6, 6.07) is 78.1. The topological polar surface area (TPSA) is 112 Å². The molecular formula is C124H110Cl2N2O8. The zero-order chi connectivity index (χ0) is 95.4. The Morgan fingerprint density at radius 1 is 0.279 bits per heavy atom. The molecule has 2 atom stereocenters. The second-order valence-corrected chi connectivity index (χ2v) is 43.8. The molecular weight excluding hydrogens is 1720 g/mol. The number of nitrogens with zero attached hydrogens (tertiary/aromatic N) is 2. The molecule has 4 aliphatic rings. The normalized spacial score (nSPS) is 15.7. The second-order valence-electron chi connectivity index (χ2n) is 43.0. The molecule has 17 aromatic carbocycles. The second kappa shape index (κ2) is 32.6. The molecule has 0 bridgehead atoms. The Morgan fingerprint density at radius 2 is 0.566 bits per heavy atom. The summed E-state index contributed by atoms with van der Waals surface area (Å²) in [5, 5.41) is 13.6. The number of anilines is 2. The molecule has 0 saturated heterocycles. The van der Waals surface area contributed by atoms with Crippen LogP contribution in [0.3, 0.4) is 0 Å². The molecule has 10 nitrogen and oxygen atoms in total. The number of halogens is 2. The molecule has 2 heterocycles. The Morgan fingerprint density at radius 3 is 0.890 bits per heavy atom. The van der Waals surface area contributed by atoms with Gasteiger partial charge in [0, 0.05) is 70.5 Å². The van der Waals surface area contributed by atoms with Crippen LogP contribution in [0.2, 0.25) is 5.02 Å². The number of imide groups is 2. The lowest BCUT2D eigenvalue weighted by Crippen LogP contribution is -2.42. The van der Waals surface area contributed by atoms with E-state index in [9.17, 15) is 0 Å². The van der Waals surface area contributed by atoms with E-state index in [1.165, 1.54) is 9.80 Å². The van der Waals surface area contributed by atoms with Gasteiger partial charge >= 0.3 is 0 Å². The molecule has 678 valence electrons. The summed E-state index contributed by atoms with van der Waals surface area (Å²) >= 11 is 15.8. The van der Waals surface area contributed by atoms with E-state index >= 15 is 19.2 Å². The van der Waals surface area contributed by atoms with E-state index in [4.69, 9.17) is 42.1 Å². The summed E-state index contributed by atoms with van der Waals surface area (Å²) in [6.45, 7) is 43.1. The first-order valence-electron chi connectivity index (χ1n) is 47.7. The van der Waals surface area contributed by atoms with Crippen LogP contribution in [0.1, 0.15) is 265 Å². The fraction of sp³-hybridized carbons (Fsp3) is 0.242. The van der Waals surface area contributed by atoms with Gasteiger partial charge in [-0.2, -0.15) is 0 Å². The summed E-state index contributed by atoms with van der Waals surface area (Å²) in [4.78, 5) is 67.7. The highest BCUT2D eigenvalue weighted by atomic mass is 35.5. The maximum atomic E-state index is 16.2. The predicted octanol–water partition coefficient (Wildman–Crippen LogP) is 35.1. The van der Waals surface area contributed by atoms with Crippen molar-refractivity contribution in [2.75, 3.05) is 9.80 Å². The van der Waals surface area contributed by atoms with Crippen LogP contribution in [0, 0.1) is 11.8 Å². The molecule has 136 heavy (non-hydrogen) atoms. The van der Waals surface area contributed by atoms with Crippen molar-refractivity contribution in [2.45, 2.75) is 184 Å². The van der Waals surface area contributed by atoms with Gasteiger partial charge in [0.1, 0.15) is 46.0 Å². The third-order valence-corrected chi connectivity index (χ3v) is 29.3. The van der Waals surface area contributed by atoms with Crippen molar-refractivity contribution in [3.05, 3.63) is 348 Å². The van der Waals surface area contributed by atoms with Crippen molar-refractivity contribution >= 4 is 162 Å². The lowest BCUT2D eigenvalue weighted by Gasteiger charge is -2.33. The molecule has 2 aliphatic carbocycles. The molecule has 0 radical (unpaired) electrons. The largest absolute Gasteiger partial charge is 0.457 e. The van der Waals surface area contributed by atoms with Gasteiger partial charge in [-0.05, 0) is 246 Å². The molecule has 21 rings (SSSR count). The van der Waals surface area contributed by atoms with Crippen molar-refractivity contribution in [1.82, 2.24) is 0 Å². The van der Waals surface area contributed by atoms with Gasteiger partial charge in [0.15, 0.2) is 0 Å². The average molecular weight is 1830 g/mol. The van der Waals surface area contributed by atoms with E-state index in [1.807, 2.05) is 109 Å². The van der Waals surface area contributed by atoms with Crippen molar-refractivity contribution in [3.63, 3.8) is 0 Å². The smallest absolute Gasteiger partial charge is 0.266 e. The first-order valence-corrected chi connectivity index (χ1v) is 48.5. The van der Waals surface area contributed by atoms with Crippen LogP contribution in [0.5, 0.6) is 46.0 Å². The SMILES string of the molecule is CC(C)c1cccc(C(C)C)c1N1C(=O)c2cc(Oc3ccc(C(C)(C)C)cc3)c3c4cccc5c(C6=C[C@@H]7/C=C\c8cc(Cl)c(-c9ccc%10c%11c(Oc%12ccc(C(C)(C)C)cc%12)cc%12c%13c(cc(Oc%14ccc(C(C)(C)C)cc%14)c(c%14cccc9c%14%10)c%13%11)C(=O)N(c9c(C(C)C)cccc9C(C)C)C%12=O)cc8C=CC7C=C6Cl)ccc(c6c(Oc7ccc(C(C)(C)C)cc7)cc(c2c36)C1=O)c54. The van der Waals surface area contributed by atoms with Crippen molar-refractivity contribution in [1.29, 1.82) is 0 Å². The van der Waals surface area contributed by atoms with Crippen molar-refractivity contribution in [3.8, 4) is 57.1 Å². The van der Waals surface area contributed by atoms with Crippen LogP contribution in [0.25, 0.3) is 115 Å². The first kappa shape index (κ1) is 88.9. The lowest BCUT2D eigenvalue weighted by atomic mass is 9.79. The minimum absolute atomic E-state index is 0.0245. The summed E-state index contributed by atoms with van der Waals surface area (Å²) in [6.07, 6.45) is 13.3. The van der Waals surface area contributed by atoms with Crippen LogP contribution >= 0.6 is 23.2 Å². The zero-order valence-electron chi connectivity index (χ0n) is 80.8. The molecule has 2 aliphatic heterocycles. The standard InChI is InChI=1S/C124H110Cl2N2O8/c1-65(2)81-25-21-26-82(66(3)4)115(81)127-117(129)95-61-101(133-77-45-37-73(38-46-77)121(9,10)11)109-89-31-23-29-87-85(53-55-91(105(87)89)111-103(63-97(119(127)131)107(95)113(109)111)135-79-49-41-75(42-50-79)123(15,16)17)93-57-69-33-35-72-60-100(126)94(58-70(72)34-36-71(69)59-99(93)125)86-54-56-92-106-88(86)30-24-32-90(106)110-102(134-78-47-39-74(40-48-78)122(12,13)14)62-96-108-98(64-104(112(92)114(108)110)136-80-51-43-76(44-52-80)124(18,19)20)120(132)128(118(96)130)116-83(67(5)6)27-22-28-84(116)68(7)8/h21-69,71H,1-20H3/b35-33-,36-34?/t69-,71?/m0/s1. The number of hydrogen-bond donors (Lipinski definition) is 0. The molecule has 0 N–H and O–H groups in total. The highest BCUT2D eigenvalue weighted by Gasteiger charge is 2.44. The number of carbonyl (C=O) groups excluding carboxylic acids is 4. The molecule has 0 fully saturated rings. The summed E-state index contributed by atoms with van der Waals surface area (Å²) in [5.41, 5.74) is 15.6. The Bertz CT molecular complexity index is 7770. The highest BCUT2D eigenvalue weighted by molar-refractivity contribution is 6.47. The number of rotatable bonds is 16. The van der Waals surface area contributed by atoms with Crippen LogP contribution in [-0.4, -0.2) is 23.6 Å². The lowest BCUT2D eigenvalue weighted by molar-refractivity contribution is 0.0877. The van der Waals surface area contributed by atoms with E-state index in [0.717, 1.165) is 143 Å². The van der Waals surface area contributed by atoms with Crippen LogP contribution in [-0.2, 0) is 21.7 Å². The third-order valence-electron chi connectivity index (χ3n) is 28.6. The van der Waals surface area contributed by atoms with E-state index in [-0.39, 0.29) is 57.2 Å². The molecule has 17 aromatic rings. The minimum Gasteiger partial charge on any atom is -0.457 e. The van der Waals surface area contributed by atoms with Crippen LogP contribution in [0.4, 0.5) is 11.4 Å². The maximum absolute atomic E-state index is 16.2. The number of fused-ring (bicyclic) bond motifs is 6. The van der Waals surface area contributed by atoms with E-state index in [2.05, 4.69) is 296 Å². The van der Waals surface area contributed by atoms with Crippen molar-refractivity contribution < 1.29 is 38.1 Å². The van der Waals surface area contributed by atoms with Crippen LogP contribution < -0.4 is 28.7 Å². The molecule has 0 saturated carbocycles. The Labute approximate surface area is 805 Å². The number of benzene rings is 17. The molecule has 12 heteroatoms. The Hall–Kier alpha value is -13.6. The third kappa shape index (κ3) is 14.6. The highest BCUT2D eigenvalue weighted by Crippen LogP contribution is 2.59. The van der Waals surface area contributed by atoms with Crippen molar-refractivity contribution in [2.24, 2.45) is 11.8 Å². The van der Waals surface area contributed by atoms with Gasteiger partial charge < -0.3 is 18.9 Å². The van der Waals surface area contributed by atoms with Gasteiger partial charge in [0.25, 0.3) is 23.6 Å². The number of para-hydroxylation sites is 2. The Kier molecular flexibility index (Phi) is 21.3. The average Bonchev–Trinajstić information content (AvgIpc) is 0.685. The molecule has 1 unspecified atom stereocenters. The zero-order valence-corrected chi connectivity index (χ0v) is 82.3. The number of hydrogen-bond acceptors (Lipinski definition) is 8. The monoisotopic (exact) mass is 1820 g/mol. The fourth-order valence-corrected chi connectivity index (χ4v) is 22.0. The molecule has 0 spiro atoms. The summed E-state index contributed by atoms with van der Waals surface area (Å²) in [5.74, 6) is 2.01. The molecule has 4 amide bonds. The maximum Gasteiger partial charge on any atom is 0.266 e. The quantitative estimate of drug-likeness (QED) is 0.0534. The van der Waals surface area contributed by atoms with E-state index in [0.29, 0.717) is 111 Å². The van der Waals surface area contributed by atoms with Gasteiger partial charge in [-0.1, -0.05) is 344 Å². The summed E-state index contributed by atoms with van der Waals surface area (Å²) in [7, 11) is 0. The number of amides is 4. The predicted molar refractivity (Wildman–Crippen MR) is 565 cm³/mol. The number of carbonyl (C=O) groups is 4. The minimum atomic E-state index is -0.432. The van der Waals surface area contributed by atoms with E-state index in [1.54, 1.807) is 0 Å².